The first-order chi connectivity index (χ1) is 7.51. The number of nitrogens with one attached hydrogen (secondary N) is 1. The summed E-state index contributed by atoms with van der Waals surface area (Å²) >= 11 is 5.95. The van der Waals surface area contributed by atoms with Gasteiger partial charge in [-0.25, -0.2) is 5.84 Å². The molecule has 0 saturated carbocycles. The second kappa shape index (κ2) is 5.16. The lowest BCUT2D eigenvalue weighted by molar-refractivity contribution is -0.122. The lowest BCUT2D eigenvalue weighted by atomic mass is 10.0. The monoisotopic (exact) mass is 243 g/mol. The highest BCUT2D eigenvalue weighted by molar-refractivity contribution is 6.32. The molecular weight excluding hydrogens is 230 g/mol. The van der Waals surface area contributed by atoms with E-state index in [2.05, 4.69) is 0 Å². The molecule has 16 heavy (non-hydrogen) atoms. The van der Waals surface area contributed by atoms with E-state index in [0.717, 1.165) is 5.56 Å². The maximum atomic E-state index is 11.3. The van der Waals surface area contributed by atoms with Crippen LogP contribution in [0.3, 0.4) is 0 Å². The van der Waals surface area contributed by atoms with E-state index < -0.39 is 11.9 Å². The maximum absolute atomic E-state index is 11.3. The summed E-state index contributed by atoms with van der Waals surface area (Å²) < 4.78 is 5.05. The molecule has 0 aromatic heterocycles. The SMILES string of the molecule is COc1cc(C)c(C(N)C(=O)NN)cc1Cl. The molecule has 0 aliphatic rings. The number of hydrazine groups is 1. The summed E-state index contributed by atoms with van der Waals surface area (Å²) in [5.41, 5.74) is 9.16. The van der Waals surface area contributed by atoms with Gasteiger partial charge >= 0.3 is 0 Å². The normalized spacial score (nSPS) is 12.1. The maximum Gasteiger partial charge on any atom is 0.255 e. The van der Waals surface area contributed by atoms with Crippen LogP contribution in [-0.2, 0) is 4.79 Å². The van der Waals surface area contributed by atoms with Crippen molar-refractivity contribution in [3.8, 4) is 5.75 Å². The van der Waals surface area contributed by atoms with Gasteiger partial charge in [-0.2, -0.15) is 0 Å². The zero-order valence-electron chi connectivity index (χ0n) is 9.08. The molecule has 0 heterocycles. The number of carbonyl (C=O) groups is 1. The molecule has 0 fully saturated rings. The van der Waals surface area contributed by atoms with E-state index in [1.165, 1.54) is 7.11 Å². The number of carbonyl (C=O) groups excluding carboxylic acids is 1. The van der Waals surface area contributed by atoms with Crippen molar-refractivity contribution in [2.45, 2.75) is 13.0 Å². The van der Waals surface area contributed by atoms with Crippen LogP contribution in [0.2, 0.25) is 5.02 Å². The van der Waals surface area contributed by atoms with Gasteiger partial charge in [-0.15, -0.1) is 0 Å². The molecule has 5 N–H and O–H groups in total. The van der Waals surface area contributed by atoms with Gasteiger partial charge in [0, 0.05) is 0 Å². The van der Waals surface area contributed by atoms with Gasteiger partial charge in [0.25, 0.3) is 5.91 Å². The fraction of sp³-hybridized carbons (Fsp3) is 0.300. The summed E-state index contributed by atoms with van der Waals surface area (Å²) in [5, 5.41) is 0.406. The summed E-state index contributed by atoms with van der Waals surface area (Å²) in [4.78, 5) is 11.3. The second-order valence-corrected chi connectivity index (χ2v) is 3.74. The van der Waals surface area contributed by atoms with Gasteiger partial charge < -0.3 is 10.5 Å². The Morgan fingerprint density at radius 1 is 1.56 bits per heavy atom. The van der Waals surface area contributed by atoms with Crippen molar-refractivity contribution < 1.29 is 9.53 Å². The molecule has 6 heteroatoms. The highest BCUT2D eigenvalue weighted by Crippen LogP contribution is 2.30. The van der Waals surface area contributed by atoms with Crippen LogP contribution in [0.25, 0.3) is 0 Å². The number of nitrogens with two attached hydrogens (primary N) is 2. The molecule has 0 spiro atoms. The molecule has 1 atom stereocenters. The van der Waals surface area contributed by atoms with Crippen LogP contribution >= 0.6 is 11.6 Å². The Morgan fingerprint density at radius 3 is 2.69 bits per heavy atom. The van der Waals surface area contributed by atoms with Gasteiger partial charge in [-0.3, -0.25) is 10.2 Å². The van der Waals surface area contributed by atoms with Crippen molar-refractivity contribution in [2.75, 3.05) is 7.11 Å². The number of hydrogen-bond donors (Lipinski definition) is 3. The van der Waals surface area contributed by atoms with E-state index in [0.29, 0.717) is 16.3 Å². The molecule has 1 rings (SSSR count). The quantitative estimate of drug-likeness (QED) is 0.413. The van der Waals surface area contributed by atoms with E-state index >= 15 is 0 Å². The lowest BCUT2D eigenvalue weighted by Gasteiger charge is -2.15. The minimum atomic E-state index is -0.839. The number of amides is 1. The first-order valence-electron chi connectivity index (χ1n) is 4.61. The topological polar surface area (TPSA) is 90.4 Å². The summed E-state index contributed by atoms with van der Waals surface area (Å²) in [6.45, 7) is 1.82. The number of methoxy groups -OCH3 is 1. The average Bonchev–Trinajstić information content (AvgIpc) is 2.29. The number of halogens is 1. The van der Waals surface area contributed by atoms with Gasteiger partial charge in [0.15, 0.2) is 0 Å². The van der Waals surface area contributed by atoms with Gasteiger partial charge in [0.05, 0.1) is 12.1 Å². The van der Waals surface area contributed by atoms with Crippen LogP contribution in [0.5, 0.6) is 5.75 Å². The smallest absolute Gasteiger partial charge is 0.255 e. The minimum absolute atomic E-state index is 0.406. The van der Waals surface area contributed by atoms with E-state index in [1.807, 2.05) is 12.3 Å². The molecular formula is C10H14ClN3O2. The van der Waals surface area contributed by atoms with Crippen LogP contribution in [-0.4, -0.2) is 13.0 Å². The molecule has 1 aromatic carbocycles. The predicted molar refractivity (Wildman–Crippen MR) is 62.0 cm³/mol. The minimum Gasteiger partial charge on any atom is -0.495 e. The largest absolute Gasteiger partial charge is 0.495 e. The number of ether oxygens (including phenoxy) is 1. The third-order valence-corrected chi connectivity index (χ3v) is 2.60. The molecule has 5 nitrogen and oxygen atoms in total. The first-order valence-corrected chi connectivity index (χ1v) is 4.99. The number of hydrogen-bond acceptors (Lipinski definition) is 4. The Hall–Kier alpha value is -1.30. The molecule has 1 unspecified atom stereocenters. The van der Waals surface area contributed by atoms with Gasteiger partial charge in [-0.05, 0) is 30.2 Å². The highest BCUT2D eigenvalue weighted by Gasteiger charge is 2.18. The van der Waals surface area contributed by atoms with Gasteiger partial charge in [-0.1, -0.05) is 11.6 Å². The number of aryl methyl sites for hydroxylation is 1. The fourth-order valence-corrected chi connectivity index (χ4v) is 1.64. The zero-order valence-corrected chi connectivity index (χ0v) is 9.84. The Morgan fingerprint density at radius 2 is 2.19 bits per heavy atom. The van der Waals surface area contributed by atoms with Crippen molar-refractivity contribution in [3.05, 3.63) is 28.3 Å². The van der Waals surface area contributed by atoms with Crippen LogP contribution in [0.4, 0.5) is 0 Å². The second-order valence-electron chi connectivity index (χ2n) is 3.33. The third kappa shape index (κ3) is 2.44. The molecule has 1 amide bonds. The average molecular weight is 244 g/mol. The molecule has 88 valence electrons. The zero-order chi connectivity index (χ0) is 12.3. The molecule has 0 aliphatic heterocycles. The van der Waals surface area contributed by atoms with E-state index in [9.17, 15) is 4.79 Å². The van der Waals surface area contributed by atoms with Crippen LogP contribution in [0, 0.1) is 6.92 Å². The number of benzene rings is 1. The van der Waals surface area contributed by atoms with Crippen molar-refractivity contribution in [2.24, 2.45) is 11.6 Å². The van der Waals surface area contributed by atoms with Crippen LogP contribution in [0.1, 0.15) is 17.2 Å². The highest BCUT2D eigenvalue weighted by atomic mass is 35.5. The van der Waals surface area contributed by atoms with E-state index in [1.54, 1.807) is 12.1 Å². The lowest BCUT2D eigenvalue weighted by Crippen LogP contribution is -2.38. The standard InChI is InChI=1S/C10H14ClN3O2/c1-5-3-8(16-2)7(11)4-6(5)9(12)10(15)14-13/h3-4,9H,12-13H2,1-2H3,(H,14,15). The van der Waals surface area contributed by atoms with E-state index in [4.69, 9.17) is 27.9 Å². The predicted octanol–water partition coefficient (Wildman–Crippen LogP) is 0.647. The molecule has 0 aliphatic carbocycles. The summed E-state index contributed by atoms with van der Waals surface area (Å²) in [7, 11) is 1.52. The summed E-state index contributed by atoms with van der Waals surface area (Å²) in [6, 6.07) is 2.49. The van der Waals surface area contributed by atoms with Crippen LogP contribution < -0.4 is 21.7 Å². The number of rotatable bonds is 3. The third-order valence-electron chi connectivity index (χ3n) is 2.30. The Labute approximate surface area is 98.7 Å². The summed E-state index contributed by atoms with van der Waals surface area (Å²) in [6.07, 6.45) is 0. The van der Waals surface area contributed by atoms with Crippen LogP contribution in [0.15, 0.2) is 12.1 Å². The van der Waals surface area contributed by atoms with Crippen molar-refractivity contribution in [1.82, 2.24) is 5.43 Å². The fourth-order valence-electron chi connectivity index (χ4n) is 1.39. The van der Waals surface area contributed by atoms with E-state index in [-0.39, 0.29) is 0 Å². The Balaban J connectivity index is 3.15. The molecule has 1 aromatic rings. The Kier molecular flexibility index (Phi) is 4.12. The first kappa shape index (κ1) is 12.8. The van der Waals surface area contributed by atoms with Gasteiger partial charge in [0.2, 0.25) is 0 Å². The Bertz CT molecular complexity index is 409. The van der Waals surface area contributed by atoms with Crippen molar-refractivity contribution >= 4 is 17.5 Å². The molecule has 0 saturated heterocycles. The summed E-state index contributed by atoms with van der Waals surface area (Å²) in [5.74, 6) is 5.09. The molecule has 0 bridgehead atoms. The van der Waals surface area contributed by atoms with Crippen molar-refractivity contribution in [1.29, 1.82) is 0 Å². The van der Waals surface area contributed by atoms with Crippen molar-refractivity contribution in [3.63, 3.8) is 0 Å². The molecule has 0 radical (unpaired) electrons. The van der Waals surface area contributed by atoms with Gasteiger partial charge in [0.1, 0.15) is 11.8 Å².